The molecular weight excluding hydrogens is 232 g/mol. The van der Waals surface area contributed by atoms with E-state index in [0.29, 0.717) is 5.92 Å². The Balaban J connectivity index is 2.58. The standard InChI is InChI=1S/C17H30N2/c1-5-7-15-8-10-16(11-9-15)17(18)13-19(6-2)12-14(3)4/h8-11,14,17H,5-7,12-13,18H2,1-4H3. The Kier molecular flexibility index (Phi) is 7.11. The summed E-state index contributed by atoms with van der Waals surface area (Å²) < 4.78 is 0. The average Bonchev–Trinajstić information content (AvgIpc) is 2.38. The SMILES string of the molecule is CCCc1ccc(C(N)CN(CC)CC(C)C)cc1. The van der Waals surface area contributed by atoms with Crippen LogP contribution in [0.1, 0.15) is 51.3 Å². The molecule has 0 saturated heterocycles. The van der Waals surface area contributed by atoms with E-state index in [4.69, 9.17) is 5.73 Å². The van der Waals surface area contributed by atoms with E-state index in [1.807, 2.05) is 0 Å². The molecule has 0 aliphatic rings. The van der Waals surface area contributed by atoms with Gasteiger partial charge in [-0.3, -0.25) is 0 Å². The second-order valence-electron chi connectivity index (χ2n) is 5.84. The van der Waals surface area contributed by atoms with Crippen molar-refractivity contribution in [2.24, 2.45) is 11.7 Å². The van der Waals surface area contributed by atoms with Crippen LogP contribution in [-0.2, 0) is 6.42 Å². The van der Waals surface area contributed by atoms with Gasteiger partial charge in [-0.2, -0.15) is 0 Å². The fourth-order valence-electron chi connectivity index (χ4n) is 2.45. The van der Waals surface area contributed by atoms with Crippen molar-refractivity contribution in [1.29, 1.82) is 0 Å². The molecule has 108 valence electrons. The Labute approximate surface area is 119 Å². The van der Waals surface area contributed by atoms with Crippen LogP contribution in [0, 0.1) is 5.92 Å². The Morgan fingerprint density at radius 1 is 1.05 bits per heavy atom. The van der Waals surface area contributed by atoms with Crippen LogP contribution in [-0.4, -0.2) is 24.5 Å². The van der Waals surface area contributed by atoms with Gasteiger partial charge in [-0.15, -0.1) is 0 Å². The van der Waals surface area contributed by atoms with E-state index in [2.05, 4.69) is 56.9 Å². The van der Waals surface area contributed by atoms with Crippen LogP contribution in [0.2, 0.25) is 0 Å². The van der Waals surface area contributed by atoms with Gasteiger partial charge in [0.05, 0.1) is 0 Å². The second kappa shape index (κ2) is 8.34. The van der Waals surface area contributed by atoms with Crippen LogP contribution in [0.15, 0.2) is 24.3 Å². The molecule has 1 rings (SSSR count). The average molecular weight is 262 g/mol. The molecule has 2 nitrogen and oxygen atoms in total. The number of hydrogen-bond donors (Lipinski definition) is 1. The van der Waals surface area contributed by atoms with Crippen molar-refractivity contribution in [3.8, 4) is 0 Å². The molecule has 0 heterocycles. The maximum atomic E-state index is 6.33. The van der Waals surface area contributed by atoms with Gasteiger partial charge in [0, 0.05) is 19.1 Å². The first-order chi connectivity index (χ1) is 9.06. The van der Waals surface area contributed by atoms with E-state index in [9.17, 15) is 0 Å². The van der Waals surface area contributed by atoms with Gasteiger partial charge in [0.1, 0.15) is 0 Å². The zero-order valence-corrected chi connectivity index (χ0v) is 13.0. The number of hydrogen-bond acceptors (Lipinski definition) is 2. The van der Waals surface area contributed by atoms with Crippen LogP contribution >= 0.6 is 0 Å². The third-order valence-corrected chi connectivity index (χ3v) is 3.47. The smallest absolute Gasteiger partial charge is 0.0424 e. The first-order valence-electron chi connectivity index (χ1n) is 7.63. The summed E-state index contributed by atoms with van der Waals surface area (Å²) in [7, 11) is 0. The Hall–Kier alpha value is -0.860. The van der Waals surface area contributed by atoms with Crippen LogP contribution < -0.4 is 5.73 Å². The molecule has 0 fully saturated rings. The zero-order chi connectivity index (χ0) is 14.3. The molecule has 0 saturated carbocycles. The molecule has 2 N–H and O–H groups in total. The summed E-state index contributed by atoms with van der Waals surface area (Å²) in [5.41, 5.74) is 8.99. The zero-order valence-electron chi connectivity index (χ0n) is 13.0. The molecule has 2 heteroatoms. The predicted molar refractivity (Wildman–Crippen MR) is 84.3 cm³/mol. The summed E-state index contributed by atoms with van der Waals surface area (Å²) >= 11 is 0. The lowest BCUT2D eigenvalue weighted by molar-refractivity contribution is 0.242. The second-order valence-corrected chi connectivity index (χ2v) is 5.84. The highest BCUT2D eigenvalue weighted by Crippen LogP contribution is 2.14. The molecule has 0 radical (unpaired) electrons. The molecule has 1 unspecified atom stereocenters. The lowest BCUT2D eigenvalue weighted by Crippen LogP contribution is -2.34. The molecule has 0 amide bonds. The van der Waals surface area contributed by atoms with Crippen molar-refractivity contribution in [3.63, 3.8) is 0 Å². The molecule has 0 bridgehead atoms. The minimum atomic E-state index is 0.120. The van der Waals surface area contributed by atoms with E-state index >= 15 is 0 Å². The normalized spacial score (nSPS) is 13.2. The number of rotatable bonds is 8. The molecule has 0 aliphatic carbocycles. The monoisotopic (exact) mass is 262 g/mol. The third-order valence-electron chi connectivity index (χ3n) is 3.47. The summed E-state index contributed by atoms with van der Waals surface area (Å²) in [6, 6.07) is 8.95. The van der Waals surface area contributed by atoms with Crippen molar-refractivity contribution < 1.29 is 0 Å². The molecule has 0 aliphatic heterocycles. The van der Waals surface area contributed by atoms with Crippen molar-refractivity contribution in [2.45, 2.75) is 46.6 Å². The summed E-state index contributed by atoms with van der Waals surface area (Å²) in [5.74, 6) is 0.694. The largest absolute Gasteiger partial charge is 0.323 e. The van der Waals surface area contributed by atoms with Crippen LogP contribution in [0.25, 0.3) is 0 Å². The molecule has 19 heavy (non-hydrogen) atoms. The Bertz CT molecular complexity index is 343. The highest BCUT2D eigenvalue weighted by molar-refractivity contribution is 5.25. The van der Waals surface area contributed by atoms with E-state index in [0.717, 1.165) is 26.1 Å². The molecule has 1 aromatic rings. The van der Waals surface area contributed by atoms with Gasteiger partial charge in [0.15, 0.2) is 0 Å². The van der Waals surface area contributed by atoms with E-state index in [1.54, 1.807) is 0 Å². The van der Waals surface area contributed by atoms with Gasteiger partial charge in [-0.25, -0.2) is 0 Å². The summed E-state index contributed by atoms with van der Waals surface area (Å²) in [5, 5.41) is 0. The minimum Gasteiger partial charge on any atom is -0.323 e. The van der Waals surface area contributed by atoms with E-state index in [-0.39, 0.29) is 6.04 Å². The first kappa shape index (κ1) is 16.2. The summed E-state index contributed by atoms with van der Waals surface area (Å²) in [4.78, 5) is 2.44. The number of aryl methyl sites for hydroxylation is 1. The lowest BCUT2D eigenvalue weighted by Gasteiger charge is -2.26. The predicted octanol–water partition coefficient (Wildman–Crippen LogP) is 3.62. The summed E-state index contributed by atoms with van der Waals surface area (Å²) in [6.45, 7) is 12.1. The fraction of sp³-hybridized carbons (Fsp3) is 0.647. The summed E-state index contributed by atoms with van der Waals surface area (Å²) in [6.07, 6.45) is 2.35. The van der Waals surface area contributed by atoms with Gasteiger partial charge < -0.3 is 10.6 Å². The highest BCUT2D eigenvalue weighted by Gasteiger charge is 2.12. The van der Waals surface area contributed by atoms with Crippen LogP contribution in [0.4, 0.5) is 0 Å². The van der Waals surface area contributed by atoms with Gasteiger partial charge in [0.25, 0.3) is 0 Å². The minimum absolute atomic E-state index is 0.120. The Morgan fingerprint density at radius 3 is 2.16 bits per heavy atom. The van der Waals surface area contributed by atoms with Gasteiger partial charge in [0.2, 0.25) is 0 Å². The number of benzene rings is 1. The van der Waals surface area contributed by atoms with E-state index < -0.39 is 0 Å². The van der Waals surface area contributed by atoms with E-state index in [1.165, 1.54) is 17.5 Å². The molecule has 1 aromatic carbocycles. The van der Waals surface area contributed by atoms with Gasteiger partial charge >= 0.3 is 0 Å². The third kappa shape index (κ3) is 5.75. The van der Waals surface area contributed by atoms with Crippen molar-refractivity contribution in [1.82, 2.24) is 4.90 Å². The molecule has 0 spiro atoms. The fourth-order valence-corrected chi connectivity index (χ4v) is 2.45. The van der Waals surface area contributed by atoms with Gasteiger partial charge in [-0.05, 0) is 30.0 Å². The lowest BCUT2D eigenvalue weighted by atomic mass is 10.0. The maximum absolute atomic E-state index is 6.33. The van der Waals surface area contributed by atoms with Crippen molar-refractivity contribution >= 4 is 0 Å². The molecule has 1 atom stereocenters. The number of likely N-dealkylation sites (N-methyl/N-ethyl adjacent to an activating group) is 1. The maximum Gasteiger partial charge on any atom is 0.0424 e. The van der Waals surface area contributed by atoms with Crippen LogP contribution in [0.3, 0.4) is 0 Å². The molecule has 0 aromatic heterocycles. The van der Waals surface area contributed by atoms with Crippen LogP contribution in [0.5, 0.6) is 0 Å². The van der Waals surface area contributed by atoms with Crippen molar-refractivity contribution in [2.75, 3.05) is 19.6 Å². The number of nitrogens with zero attached hydrogens (tertiary/aromatic N) is 1. The highest BCUT2D eigenvalue weighted by atomic mass is 15.1. The Morgan fingerprint density at radius 2 is 1.68 bits per heavy atom. The molecular formula is C17H30N2. The number of nitrogens with two attached hydrogens (primary N) is 1. The first-order valence-corrected chi connectivity index (χ1v) is 7.63. The quantitative estimate of drug-likeness (QED) is 0.775. The van der Waals surface area contributed by atoms with Crippen molar-refractivity contribution in [3.05, 3.63) is 35.4 Å². The topological polar surface area (TPSA) is 29.3 Å². The van der Waals surface area contributed by atoms with Gasteiger partial charge in [-0.1, -0.05) is 58.4 Å².